The molecule has 3 heteroatoms. The fourth-order valence-electron chi connectivity index (χ4n) is 1.07. The summed E-state index contributed by atoms with van der Waals surface area (Å²) in [7, 11) is 0. The lowest BCUT2D eigenvalue weighted by atomic mass is 10.1. The van der Waals surface area contributed by atoms with E-state index in [1.165, 1.54) is 6.92 Å². The van der Waals surface area contributed by atoms with E-state index in [1.54, 1.807) is 0 Å². The molecule has 1 aromatic rings. The summed E-state index contributed by atoms with van der Waals surface area (Å²) in [6.45, 7) is 2.14. The molecule has 0 radical (unpaired) electrons. The summed E-state index contributed by atoms with van der Waals surface area (Å²) in [5.74, 6) is -0.00736. The van der Waals surface area contributed by atoms with Crippen LogP contribution in [0.5, 0.6) is 0 Å². The third kappa shape index (κ3) is 3.47. The van der Waals surface area contributed by atoms with Gasteiger partial charge in [-0.05, 0) is 18.1 Å². The van der Waals surface area contributed by atoms with Crippen LogP contribution in [0.15, 0.2) is 24.3 Å². The molecule has 0 saturated heterocycles. The largest absolute Gasteiger partial charge is 0.356 e. The molecular weight excluding hydrogens is 186 g/mol. The zero-order chi connectivity index (χ0) is 9.68. The van der Waals surface area contributed by atoms with Crippen LogP contribution in [0.3, 0.4) is 0 Å². The van der Waals surface area contributed by atoms with Gasteiger partial charge in [0.15, 0.2) is 0 Å². The summed E-state index contributed by atoms with van der Waals surface area (Å²) in [5.41, 5.74) is 1.07. The minimum atomic E-state index is -0.00736. The zero-order valence-electron chi connectivity index (χ0n) is 7.51. The molecule has 0 aromatic heterocycles. The van der Waals surface area contributed by atoms with Crippen LogP contribution >= 0.6 is 11.6 Å². The van der Waals surface area contributed by atoms with Crippen LogP contribution in [0.2, 0.25) is 5.02 Å². The van der Waals surface area contributed by atoms with Crippen molar-refractivity contribution in [3.63, 3.8) is 0 Å². The van der Waals surface area contributed by atoms with Crippen molar-refractivity contribution in [2.75, 3.05) is 6.54 Å². The van der Waals surface area contributed by atoms with Crippen molar-refractivity contribution in [2.45, 2.75) is 13.3 Å². The molecule has 0 aliphatic rings. The molecule has 0 saturated carbocycles. The lowest BCUT2D eigenvalue weighted by Crippen LogP contribution is -2.22. The van der Waals surface area contributed by atoms with E-state index in [2.05, 4.69) is 5.32 Å². The predicted molar refractivity (Wildman–Crippen MR) is 53.8 cm³/mol. The molecule has 1 amide bonds. The van der Waals surface area contributed by atoms with E-state index in [1.807, 2.05) is 24.3 Å². The van der Waals surface area contributed by atoms with Gasteiger partial charge in [0.2, 0.25) is 5.91 Å². The second kappa shape index (κ2) is 4.87. The number of halogens is 1. The standard InChI is InChI=1S/C10H12ClNO/c1-8(13)12-7-6-9-4-2-3-5-10(9)11/h2-5H,6-7H2,1H3,(H,12,13). The lowest BCUT2D eigenvalue weighted by Gasteiger charge is -2.03. The number of hydrogen-bond acceptors (Lipinski definition) is 1. The van der Waals surface area contributed by atoms with Crippen LogP contribution in [0.25, 0.3) is 0 Å². The van der Waals surface area contributed by atoms with E-state index in [9.17, 15) is 4.79 Å². The molecule has 1 rings (SSSR count). The molecule has 0 bridgehead atoms. The van der Waals surface area contributed by atoms with Gasteiger partial charge in [-0.3, -0.25) is 4.79 Å². The first-order valence-corrected chi connectivity index (χ1v) is 4.56. The van der Waals surface area contributed by atoms with Crippen LogP contribution in [-0.2, 0) is 11.2 Å². The second-order valence-electron chi connectivity index (χ2n) is 2.82. The first-order chi connectivity index (χ1) is 6.20. The summed E-state index contributed by atoms with van der Waals surface area (Å²) in [5, 5.41) is 3.48. The fraction of sp³-hybridized carbons (Fsp3) is 0.300. The maximum atomic E-state index is 10.6. The molecule has 1 N–H and O–H groups in total. The van der Waals surface area contributed by atoms with E-state index < -0.39 is 0 Å². The monoisotopic (exact) mass is 197 g/mol. The van der Waals surface area contributed by atoms with Gasteiger partial charge in [0.1, 0.15) is 0 Å². The summed E-state index contributed by atoms with van der Waals surface area (Å²) >= 11 is 5.93. The van der Waals surface area contributed by atoms with E-state index in [-0.39, 0.29) is 5.91 Å². The smallest absolute Gasteiger partial charge is 0.216 e. The summed E-state index contributed by atoms with van der Waals surface area (Å²) < 4.78 is 0. The van der Waals surface area contributed by atoms with Crippen LogP contribution in [0.4, 0.5) is 0 Å². The first-order valence-electron chi connectivity index (χ1n) is 4.18. The SMILES string of the molecule is CC(=O)NCCc1ccccc1Cl. The lowest BCUT2D eigenvalue weighted by molar-refractivity contribution is -0.118. The molecule has 0 atom stereocenters. The van der Waals surface area contributed by atoms with Crippen LogP contribution in [-0.4, -0.2) is 12.5 Å². The highest BCUT2D eigenvalue weighted by atomic mass is 35.5. The Hall–Kier alpha value is -1.02. The highest BCUT2D eigenvalue weighted by Crippen LogP contribution is 2.14. The summed E-state index contributed by atoms with van der Waals surface area (Å²) in [4.78, 5) is 10.6. The van der Waals surface area contributed by atoms with Gasteiger partial charge >= 0.3 is 0 Å². The Morgan fingerprint density at radius 3 is 2.77 bits per heavy atom. The molecule has 1 aromatic carbocycles. The maximum absolute atomic E-state index is 10.6. The Kier molecular flexibility index (Phi) is 3.77. The minimum absolute atomic E-state index is 0.00736. The van der Waals surface area contributed by atoms with E-state index in [0.717, 1.165) is 17.0 Å². The molecule has 2 nitrogen and oxygen atoms in total. The van der Waals surface area contributed by atoms with Gasteiger partial charge < -0.3 is 5.32 Å². The molecular formula is C10H12ClNO. The van der Waals surface area contributed by atoms with Crippen molar-refractivity contribution >= 4 is 17.5 Å². The Balaban J connectivity index is 2.45. The number of hydrogen-bond donors (Lipinski definition) is 1. The maximum Gasteiger partial charge on any atom is 0.216 e. The van der Waals surface area contributed by atoms with Crippen LogP contribution < -0.4 is 5.32 Å². The van der Waals surface area contributed by atoms with E-state index in [0.29, 0.717) is 6.54 Å². The Morgan fingerprint density at radius 1 is 1.46 bits per heavy atom. The number of carbonyl (C=O) groups excluding carboxylic acids is 1. The van der Waals surface area contributed by atoms with Crippen molar-refractivity contribution in [3.8, 4) is 0 Å². The number of nitrogens with one attached hydrogen (secondary N) is 1. The zero-order valence-corrected chi connectivity index (χ0v) is 8.27. The molecule has 0 aliphatic heterocycles. The van der Waals surface area contributed by atoms with Crippen molar-refractivity contribution in [1.29, 1.82) is 0 Å². The Labute approximate surface area is 82.9 Å². The van der Waals surface area contributed by atoms with Crippen molar-refractivity contribution in [1.82, 2.24) is 5.32 Å². The number of rotatable bonds is 3. The van der Waals surface area contributed by atoms with Crippen molar-refractivity contribution < 1.29 is 4.79 Å². The molecule has 0 unspecified atom stereocenters. The molecule has 0 aliphatic carbocycles. The van der Waals surface area contributed by atoms with Gasteiger partial charge in [-0.1, -0.05) is 29.8 Å². The van der Waals surface area contributed by atoms with Gasteiger partial charge in [-0.15, -0.1) is 0 Å². The quantitative estimate of drug-likeness (QED) is 0.790. The van der Waals surface area contributed by atoms with Crippen LogP contribution in [0, 0.1) is 0 Å². The summed E-state index contributed by atoms with van der Waals surface area (Å²) in [6, 6.07) is 7.65. The summed E-state index contributed by atoms with van der Waals surface area (Å²) in [6.07, 6.45) is 0.777. The van der Waals surface area contributed by atoms with Gasteiger partial charge in [0, 0.05) is 18.5 Å². The fourth-order valence-corrected chi connectivity index (χ4v) is 1.30. The Morgan fingerprint density at radius 2 is 2.15 bits per heavy atom. The average Bonchev–Trinajstić information content (AvgIpc) is 2.08. The molecule has 13 heavy (non-hydrogen) atoms. The van der Waals surface area contributed by atoms with E-state index in [4.69, 9.17) is 11.6 Å². The molecule has 0 spiro atoms. The normalized spacial score (nSPS) is 9.69. The topological polar surface area (TPSA) is 29.1 Å². The van der Waals surface area contributed by atoms with Gasteiger partial charge in [-0.2, -0.15) is 0 Å². The van der Waals surface area contributed by atoms with E-state index >= 15 is 0 Å². The molecule has 0 fully saturated rings. The molecule has 0 heterocycles. The van der Waals surface area contributed by atoms with Gasteiger partial charge in [-0.25, -0.2) is 0 Å². The van der Waals surface area contributed by atoms with Crippen LogP contribution in [0.1, 0.15) is 12.5 Å². The third-order valence-electron chi connectivity index (χ3n) is 1.73. The third-order valence-corrected chi connectivity index (χ3v) is 2.09. The number of carbonyl (C=O) groups is 1. The first kappa shape index (κ1) is 10.1. The van der Waals surface area contributed by atoms with Gasteiger partial charge in [0.25, 0.3) is 0 Å². The predicted octanol–water partition coefficient (Wildman–Crippen LogP) is 2.02. The van der Waals surface area contributed by atoms with Crippen molar-refractivity contribution in [2.24, 2.45) is 0 Å². The van der Waals surface area contributed by atoms with Crippen molar-refractivity contribution in [3.05, 3.63) is 34.9 Å². The second-order valence-corrected chi connectivity index (χ2v) is 3.23. The highest BCUT2D eigenvalue weighted by molar-refractivity contribution is 6.31. The average molecular weight is 198 g/mol. The highest BCUT2D eigenvalue weighted by Gasteiger charge is 1.98. The molecule has 70 valence electrons. The number of amides is 1. The minimum Gasteiger partial charge on any atom is -0.356 e. The number of benzene rings is 1. The van der Waals surface area contributed by atoms with Gasteiger partial charge in [0.05, 0.1) is 0 Å². The Bertz CT molecular complexity index is 299.